The fourth-order valence-electron chi connectivity index (χ4n) is 1.74. The second-order valence-corrected chi connectivity index (χ2v) is 5.43. The fraction of sp³-hybridized carbons (Fsp3) is 0.867. The van der Waals surface area contributed by atoms with E-state index in [9.17, 15) is 9.59 Å². The Morgan fingerprint density at radius 1 is 1.23 bits per heavy atom. The number of aldehydes is 1. The Kier molecular flexibility index (Phi) is 9.97. The monoisotopic (exact) mass is 318 g/mol. The van der Waals surface area contributed by atoms with Gasteiger partial charge in [-0.25, -0.2) is 15.2 Å². The zero-order valence-corrected chi connectivity index (χ0v) is 14.5. The van der Waals surface area contributed by atoms with Crippen molar-refractivity contribution in [2.45, 2.75) is 60.0 Å². The molecule has 7 heteroatoms. The molecule has 0 aliphatic carbocycles. The number of nitrogens with one attached hydrogen (secondary N) is 1. The molecule has 0 radical (unpaired) electrons. The Hall–Kier alpha value is -1.18. The first-order valence-electron chi connectivity index (χ1n) is 7.78. The van der Waals surface area contributed by atoms with Gasteiger partial charge in [0, 0.05) is 13.5 Å². The Morgan fingerprint density at radius 3 is 2.18 bits per heavy atom. The number of carbonyl (C=O) groups is 2. The van der Waals surface area contributed by atoms with Crippen molar-refractivity contribution >= 4 is 12.4 Å². The van der Waals surface area contributed by atoms with Gasteiger partial charge in [0.25, 0.3) is 0 Å². The van der Waals surface area contributed by atoms with E-state index in [0.29, 0.717) is 32.0 Å². The molecule has 0 spiro atoms. The Morgan fingerprint density at radius 2 is 1.77 bits per heavy atom. The molecule has 0 saturated carbocycles. The molecule has 0 aromatic carbocycles. The van der Waals surface area contributed by atoms with E-state index in [-0.39, 0.29) is 0 Å². The van der Waals surface area contributed by atoms with Crippen LogP contribution in [0.1, 0.15) is 48.0 Å². The molecule has 0 aliphatic rings. The van der Waals surface area contributed by atoms with E-state index < -0.39 is 18.1 Å². The summed E-state index contributed by atoms with van der Waals surface area (Å²) in [5.74, 6) is -0.990. The lowest BCUT2D eigenvalue weighted by Crippen LogP contribution is -2.53. The summed E-state index contributed by atoms with van der Waals surface area (Å²) in [6.45, 7) is 12.1. The summed E-state index contributed by atoms with van der Waals surface area (Å²) in [4.78, 5) is 23.3. The molecule has 1 amide bonds. The van der Waals surface area contributed by atoms with Gasteiger partial charge in [0.05, 0.1) is 13.2 Å². The summed E-state index contributed by atoms with van der Waals surface area (Å²) in [6.07, 6.45) is 0.819. The van der Waals surface area contributed by atoms with Gasteiger partial charge in [-0.2, -0.15) is 0 Å². The van der Waals surface area contributed by atoms with Crippen LogP contribution in [0.2, 0.25) is 0 Å². The highest BCUT2D eigenvalue weighted by Crippen LogP contribution is 2.16. The molecule has 0 saturated heterocycles. The van der Waals surface area contributed by atoms with Gasteiger partial charge in [0.15, 0.2) is 0 Å². The molecule has 0 aromatic rings. The average Bonchev–Trinajstić information content (AvgIpc) is 2.42. The number of amides is 1. The highest BCUT2D eigenvalue weighted by atomic mass is 16.9. The number of carbonyl (C=O) groups excluding carboxylic acids is 2. The molecular weight excluding hydrogens is 288 g/mol. The van der Waals surface area contributed by atoms with E-state index in [1.807, 2.05) is 0 Å². The second-order valence-electron chi connectivity index (χ2n) is 5.43. The molecule has 0 rings (SSSR count). The fourth-order valence-corrected chi connectivity index (χ4v) is 1.74. The van der Waals surface area contributed by atoms with Crippen LogP contribution >= 0.6 is 0 Å². The van der Waals surface area contributed by atoms with Crippen molar-refractivity contribution in [1.29, 1.82) is 0 Å². The second kappa shape index (κ2) is 10.5. The zero-order chi connectivity index (χ0) is 17.2. The van der Waals surface area contributed by atoms with Crippen LogP contribution in [0.5, 0.6) is 0 Å². The van der Waals surface area contributed by atoms with Crippen LogP contribution in [0.3, 0.4) is 0 Å². The third-order valence-electron chi connectivity index (χ3n) is 2.89. The number of nitrogens with zero attached hydrogens (tertiary/aromatic N) is 1. The lowest BCUT2D eigenvalue weighted by atomic mass is 10.1. The van der Waals surface area contributed by atoms with E-state index >= 15 is 0 Å². The summed E-state index contributed by atoms with van der Waals surface area (Å²) >= 11 is 0. The number of hydrogen-bond acceptors (Lipinski definition) is 6. The first-order valence-corrected chi connectivity index (χ1v) is 7.78. The number of hydrazine groups is 1. The van der Waals surface area contributed by atoms with E-state index in [0.717, 1.165) is 11.4 Å². The van der Waals surface area contributed by atoms with Gasteiger partial charge in [-0.05, 0) is 33.1 Å². The van der Waals surface area contributed by atoms with Crippen LogP contribution in [-0.4, -0.2) is 49.2 Å². The largest absolute Gasteiger partial charge is 0.429 e. The third kappa shape index (κ3) is 7.72. The van der Waals surface area contributed by atoms with Crippen LogP contribution < -0.4 is 5.43 Å². The quantitative estimate of drug-likeness (QED) is 0.358. The minimum absolute atomic E-state index is 0.327. The van der Waals surface area contributed by atoms with Crippen LogP contribution in [0.15, 0.2) is 0 Å². The van der Waals surface area contributed by atoms with Crippen LogP contribution in [0.25, 0.3) is 0 Å². The van der Waals surface area contributed by atoms with Gasteiger partial charge in [-0.15, -0.1) is 0 Å². The first-order chi connectivity index (χ1) is 10.3. The Bertz CT molecular complexity index is 330. The van der Waals surface area contributed by atoms with Gasteiger partial charge in [0.2, 0.25) is 0 Å². The van der Waals surface area contributed by atoms with Crippen molar-refractivity contribution in [3.63, 3.8) is 0 Å². The summed E-state index contributed by atoms with van der Waals surface area (Å²) in [6, 6.07) is -0.660. The summed E-state index contributed by atoms with van der Waals surface area (Å²) in [7, 11) is 0. The SMILES string of the molecule is CCOC(C)(OCC)OC(=O)N(NCCC(C)C)C(C)C=O. The first kappa shape index (κ1) is 20.8. The van der Waals surface area contributed by atoms with Gasteiger partial charge in [-0.1, -0.05) is 13.8 Å². The predicted octanol–water partition coefficient (Wildman–Crippen LogP) is 2.31. The van der Waals surface area contributed by atoms with Crippen LogP contribution in [-0.2, 0) is 19.0 Å². The molecule has 7 nitrogen and oxygen atoms in total. The van der Waals surface area contributed by atoms with Gasteiger partial charge in [-0.3, -0.25) is 0 Å². The molecule has 1 atom stereocenters. The third-order valence-corrected chi connectivity index (χ3v) is 2.89. The van der Waals surface area contributed by atoms with Crippen molar-refractivity contribution in [2.75, 3.05) is 19.8 Å². The van der Waals surface area contributed by atoms with Gasteiger partial charge in [0.1, 0.15) is 12.3 Å². The highest BCUT2D eigenvalue weighted by Gasteiger charge is 2.34. The lowest BCUT2D eigenvalue weighted by Gasteiger charge is -2.32. The molecule has 0 fully saturated rings. The molecule has 0 aliphatic heterocycles. The standard InChI is InChI=1S/C15H30N2O5/c1-7-20-15(6,21-8-2)22-14(19)17(13(5)11-18)16-10-9-12(3)4/h11-13,16H,7-10H2,1-6H3. The van der Waals surface area contributed by atoms with E-state index in [1.165, 1.54) is 6.92 Å². The number of ether oxygens (including phenoxy) is 3. The van der Waals surface area contributed by atoms with Crippen LogP contribution in [0, 0.1) is 5.92 Å². The molecule has 22 heavy (non-hydrogen) atoms. The maximum absolute atomic E-state index is 12.3. The number of rotatable bonds is 11. The maximum Gasteiger partial charge on any atom is 0.429 e. The van der Waals surface area contributed by atoms with E-state index in [1.54, 1.807) is 20.8 Å². The lowest BCUT2D eigenvalue weighted by molar-refractivity contribution is -0.344. The smallest absolute Gasteiger partial charge is 0.390 e. The van der Waals surface area contributed by atoms with E-state index in [4.69, 9.17) is 14.2 Å². The minimum atomic E-state index is -1.47. The summed E-state index contributed by atoms with van der Waals surface area (Å²) in [5.41, 5.74) is 2.92. The van der Waals surface area contributed by atoms with Crippen molar-refractivity contribution in [3.05, 3.63) is 0 Å². The minimum Gasteiger partial charge on any atom is -0.390 e. The highest BCUT2D eigenvalue weighted by molar-refractivity contribution is 5.72. The molecule has 1 N–H and O–H groups in total. The Balaban J connectivity index is 4.82. The van der Waals surface area contributed by atoms with Crippen molar-refractivity contribution < 1.29 is 23.8 Å². The molecule has 0 aromatic heterocycles. The predicted molar refractivity (Wildman–Crippen MR) is 83.0 cm³/mol. The summed E-state index contributed by atoms with van der Waals surface area (Å²) < 4.78 is 16.0. The summed E-state index contributed by atoms with van der Waals surface area (Å²) in [5, 5.41) is 1.16. The van der Waals surface area contributed by atoms with Crippen molar-refractivity contribution in [3.8, 4) is 0 Å². The molecule has 0 heterocycles. The van der Waals surface area contributed by atoms with Crippen molar-refractivity contribution in [1.82, 2.24) is 10.4 Å². The maximum atomic E-state index is 12.3. The molecular formula is C15H30N2O5. The van der Waals surface area contributed by atoms with E-state index in [2.05, 4.69) is 19.3 Å². The topological polar surface area (TPSA) is 77.1 Å². The van der Waals surface area contributed by atoms with Crippen LogP contribution in [0.4, 0.5) is 4.79 Å². The molecule has 130 valence electrons. The molecule has 0 bridgehead atoms. The van der Waals surface area contributed by atoms with Gasteiger partial charge >= 0.3 is 12.1 Å². The molecule has 1 unspecified atom stereocenters. The average molecular weight is 318 g/mol. The number of hydrogen-bond donors (Lipinski definition) is 1. The normalized spacial score (nSPS) is 13.0. The van der Waals surface area contributed by atoms with Gasteiger partial charge < -0.3 is 19.0 Å². The Labute approximate surface area is 133 Å². The zero-order valence-electron chi connectivity index (χ0n) is 14.5. The van der Waals surface area contributed by atoms with Crippen molar-refractivity contribution in [2.24, 2.45) is 5.92 Å².